The second-order valence-corrected chi connectivity index (χ2v) is 5.19. The molecule has 1 N–H and O–H groups in total. The molecule has 1 aliphatic carbocycles. The van der Waals surface area contributed by atoms with Crippen LogP contribution < -0.4 is 0 Å². The highest BCUT2D eigenvalue weighted by atomic mass is 15.5. The molecule has 20 heavy (non-hydrogen) atoms. The Morgan fingerprint density at radius 2 is 2.10 bits per heavy atom. The SMILES string of the molecule is CN(C)CC1=CC(c2ccccc2-c2nn[nH]n2)C=C1. The van der Waals surface area contributed by atoms with Crippen molar-refractivity contribution < 1.29 is 0 Å². The Balaban J connectivity index is 1.93. The number of H-pyrrole nitrogens is 1. The molecule has 0 saturated carbocycles. The first-order valence-electron chi connectivity index (χ1n) is 6.60. The van der Waals surface area contributed by atoms with Gasteiger partial charge in [0.1, 0.15) is 0 Å². The number of tetrazole rings is 1. The zero-order chi connectivity index (χ0) is 13.9. The van der Waals surface area contributed by atoms with Gasteiger partial charge in [0.2, 0.25) is 5.82 Å². The minimum Gasteiger partial charge on any atom is -0.305 e. The fourth-order valence-corrected chi connectivity index (χ4v) is 2.50. The molecule has 1 heterocycles. The lowest BCUT2D eigenvalue weighted by molar-refractivity contribution is 0.449. The molecule has 0 bridgehead atoms. The molecule has 5 heteroatoms. The van der Waals surface area contributed by atoms with E-state index in [2.05, 4.69) is 63.9 Å². The maximum Gasteiger partial charge on any atom is 0.204 e. The topological polar surface area (TPSA) is 57.7 Å². The van der Waals surface area contributed by atoms with E-state index in [4.69, 9.17) is 0 Å². The average Bonchev–Trinajstić information content (AvgIpc) is 3.09. The van der Waals surface area contributed by atoms with Gasteiger partial charge < -0.3 is 4.90 Å². The van der Waals surface area contributed by atoms with Gasteiger partial charge in [-0.1, -0.05) is 42.5 Å². The summed E-state index contributed by atoms with van der Waals surface area (Å²) in [5.74, 6) is 0.920. The number of nitrogens with one attached hydrogen (secondary N) is 1. The summed E-state index contributed by atoms with van der Waals surface area (Å²) in [5.41, 5.74) is 3.57. The zero-order valence-electron chi connectivity index (χ0n) is 11.6. The lowest BCUT2D eigenvalue weighted by Crippen LogP contribution is -2.13. The minimum absolute atomic E-state index is 0.277. The van der Waals surface area contributed by atoms with Gasteiger partial charge in [0, 0.05) is 18.0 Å². The fourth-order valence-electron chi connectivity index (χ4n) is 2.50. The van der Waals surface area contributed by atoms with Crippen LogP contribution in [-0.2, 0) is 0 Å². The molecule has 0 radical (unpaired) electrons. The summed E-state index contributed by atoms with van der Waals surface area (Å²) in [5, 5.41) is 14.3. The van der Waals surface area contributed by atoms with Gasteiger partial charge in [0.05, 0.1) is 0 Å². The summed E-state index contributed by atoms with van der Waals surface area (Å²) in [6.07, 6.45) is 6.70. The van der Waals surface area contributed by atoms with E-state index in [1.165, 1.54) is 11.1 Å². The van der Waals surface area contributed by atoms with Crippen LogP contribution in [0.1, 0.15) is 11.5 Å². The first-order valence-corrected chi connectivity index (χ1v) is 6.60. The van der Waals surface area contributed by atoms with E-state index in [0.717, 1.165) is 12.1 Å². The zero-order valence-corrected chi connectivity index (χ0v) is 11.6. The van der Waals surface area contributed by atoms with Gasteiger partial charge in [-0.15, -0.1) is 10.2 Å². The molecule has 0 saturated heterocycles. The third kappa shape index (κ3) is 2.53. The van der Waals surface area contributed by atoms with Gasteiger partial charge >= 0.3 is 0 Å². The van der Waals surface area contributed by atoms with Crippen LogP contribution in [0.15, 0.2) is 48.1 Å². The average molecular weight is 267 g/mol. The molecule has 1 aromatic carbocycles. The van der Waals surface area contributed by atoms with Gasteiger partial charge in [-0.05, 0) is 30.4 Å². The molecule has 0 amide bonds. The standard InChI is InChI=1S/C15H17N5/c1-20(2)10-11-7-8-12(9-11)13-5-3-4-6-14(13)15-16-18-19-17-15/h3-9,12H,10H2,1-2H3,(H,16,17,18,19). The molecule has 0 fully saturated rings. The van der Waals surface area contributed by atoms with Gasteiger partial charge in [-0.2, -0.15) is 5.21 Å². The van der Waals surface area contributed by atoms with E-state index in [1.807, 2.05) is 18.2 Å². The maximum atomic E-state index is 4.09. The minimum atomic E-state index is 0.277. The summed E-state index contributed by atoms with van der Waals surface area (Å²) in [6, 6.07) is 8.20. The molecule has 0 spiro atoms. The third-order valence-electron chi connectivity index (χ3n) is 3.32. The van der Waals surface area contributed by atoms with Crippen LogP contribution in [0.4, 0.5) is 0 Å². The van der Waals surface area contributed by atoms with Crippen LogP contribution in [-0.4, -0.2) is 46.2 Å². The Morgan fingerprint density at radius 3 is 2.85 bits per heavy atom. The smallest absolute Gasteiger partial charge is 0.204 e. The number of hydrogen-bond donors (Lipinski definition) is 1. The van der Waals surface area contributed by atoms with E-state index in [9.17, 15) is 0 Å². The lowest BCUT2D eigenvalue weighted by atomic mass is 9.95. The van der Waals surface area contributed by atoms with Gasteiger partial charge in [0.25, 0.3) is 0 Å². The van der Waals surface area contributed by atoms with Crippen molar-refractivity contribution in [2.24, 2.45) is 0 Å². The molecule has 0 aliphatic heterocycles. The molecule has 2 aromatic rings. The maximum absolute atomic E-state index is 4.09. The van der Waals surface area contributed by atoms with Crippen molar-refractivity contribution >= 4 is 0 Å². The predicted octanol–water partition coefficient (Wildman–Crippen LogP) is 2.01. The Labute approximate surface area is 118 Å². The lowest BCUT2D eigenvalue weighted by Gasteiger charge is -2.11. The second-order valence-electron chi connectivity index (χ2n) is 5.19. The van der Waals surface area contributed by atoms with Gasteiger partial charge in [-0.25, -0.2) is 0 Å². The van der Waals surface area contributed by atoms with E-state index in [-0.39, 0.29) is 5.92 Å². The number of nitrogens with zero attached hydrogens (tertiary/aromatic N) is 4. The molecule has 1 aliphatic rings. The fraction of sp³-hybridized carbons (Fsp3) is 0.267. The Kier molecular flexibility index (Phi) is 3.43. The number of rotatable bonds is 4. The highest BCUT2D eigenvalue weighted by molar-refractivity contribution is 5.63. The van der Waals surface area contributed by atoms with E-state index in [1.54, 1.807) is 0 Å². The van der Waals surface area contributed by atoms with Crippen molar-refractivity contribution in [1.29, 1.82) is 0 Å². The summed E-state index contributed by atoms with van der Waals surface area (Å²) in [7, 11) is 4.16. The second kappa shape index (κ2) is 5.38. The van der Waals surface area contributed by atoms with Crippen molar-refractivity contribution in [3.63, 3.8) is 0 Å². The van der Waals surface area contributed by atoms with E-state index >= 15 is 0 Å². The van der Waals surface area contributed by atoms with Crippen LogP contribution >= 0.6 is 0 Å². The normalized spacial score (nSPS) is 17.8. The highest BCUT2D eigenvalue weighted by Gasteiger charge is 2.17. The van der Waals surface area contributed by atoms with E-state index in [0.29, 0.717) is 5.82 Å². The molecular formula is C15H17N5. The Bertz CT molecular complexity index is 640. The van der Waals surface area contributed by atoms with Gasteiger partial charge in [0.15, 0.2) is 0 Å². The molecule has 1 unspecified atom stereocenters. The Hall–Kier alpha value is -2.27. The number of allylic oxidation sites excluding steroid dienone is 2. The van der Waals surface area contributed by atoms with Crippen LogP contribution in [0, 0.1) is 0 Å². The van der Waals surface area contributed by atoms with Crippen molar-refractivity contribution in [3.8, 4) is 11.4 Å². The third-order valence-corrected chi connectivity index (χ3v) is 3.32. The number of aromatic nitrogens is 4. The molecule has 5 nitrogen and oxygen atoms in total. The number of benzene rings is 1. The van der Waals surface area contributed by atoms with Crippen LogP contribution in [0.2, 0.25) is 0 Å². The van der Waals surface area contributed by atoms with Crippen LogP contribution in [0.3, 0.4) is 0 Å². The van der Waals surface area contributed by atoms with Crippen molar-refractivity contribution in [3.05, 3.63) is 53.6 Å². The van der Waals surface area contributed by atoms with Crippen molar-refractivity contribution in [1.82, 2.24) is 25.5 Å². The summed E-state index contributed by atoms with van der Waals surface area (Å²) >= 11 is 0. The number of likely N-dealkylation sites (N-methyl/N-ethyl adjacent to an activating group) is 1. The number of aromatic amines is 1. The highest BCUT2D eigenvalue weighted by Crippen LogP contribution is 2.32. The monoisotopic (exact) mass is 267 g/mol. The molecule has 1 atom stereocenters. The first kappa shape index (κ1) is 12.7. The molecule has 3 rings (SSSR count). The number of hydrogen-bond acceptors (Lipinski definition) is 4. The molecular weight excluding hydrogens is 250 g/mol. The largest absolute Gasteiger partial charge is 0.305 e. The molecule has 102 valence electrons. The predicted molar refractivity (Wildman–Crippen MR) is 78.1 cm³/mol. The Morgan fingerprint density at radius 1 is 1.25 bits per heavy atom. The first-order chi connectivity index (χ1) is 9.74. The van der Waals surface area contributed by atoms with Crippen LogP contribution in [0.25, 0.3) is 11.4 Å². The van der Waals surface area contributed by atoms with Crippen molar-refractivity contribution in [2.45, 2.75) is 5.92 Å². The van der Waals surface area contributed by atoms with Gasteiger partial charge in [-0.3, -0.25) is 0 Å². The summed E-state index contributed by atoms with van der Waals surface area (Å²) in [6.45, 7) is 0.956. The van der Waals surface area contributed by atoms with E-state index < -0.39 is 0 Å². The van der Waals surface area contributed by atoms with Crippen LogP contribution in [0.5, 0.6) is 0 Å². The summed E-state index contributed by atoms with van der Waals surface area (Å²) < 4.78 is 0. The van der Waals surface area contributed by atoms with Crippen molar-refractivity contribution in [2.75, 3.05) is 20.6 Å². The quantitative estimate of drug-likeness (QED) is 0.920. The summed E-state index contributed by atoms with van der Waals surface area (Å²) in [4.78, 5) is 2.17. The molecule has 1 aromatic heterocycles.